The minimum absolute atomic E-state index is 0.0613. The van der Waals surface area contributed by atoms with Crippen molar-refractivity contribution in [3.63, 3.8) is 0 Å². The van der Waals surface area contributed by atoms with Gasteiger partial charge in [0.2, 0.25) is 0 Å². The molecule has 2 rings (SSSR count). The number of methoxy groups -OCH3 is 2. The van der Waals surface area contributed by atoms with E-state index in [1.54, 1.807) is 13.2 Å². The average molecular weight is 354 g/mol. The van der Waals surface area contributed by atoms with E-state index >= 15 is 0 Å². The number of rotatable bonds is 5. The Morgan fingerprint density at radius 3 is 2.48 bits per heavy atom. The fourth-order valence-corrected chi connectivity index (χ4v) is 2.37. The molecule has 0 saturated carbocycles. The predicted octanol–water partition coefficient (Wildman–Crippen LogP) is 4.78. The van der Waals surface area contributed by atoms with Crippen LogP contribution >= 0.6 is 15.9 Å². The summed E-state index contributed by atoms with van der Waals surface area (Å²) in [6, 6.07) is 10.5. The van der Waals surface area contributed by atoms with Crippen LogP contribution in [-0.2, 0) is 0 Å². The number of benzene rings is 2. The second-order valence-corrected chi connectivity index (χ2v) is 5.46. The number of hydrogen-bond donors (Lipinski definition) is 1. The third-order valence-corrected chi connectivity index (χ3v) is 3.91. The molecule has 0 aliphatic heterocycles. The summed E-state index contributed by atoms with van der Waals surface area (Å²) in [5.41, 5.74) is 1.72. The van der Waals surface area contributed by atoms with Crippen molar-refractivity contribution < 1.29 is 13.9 Å². The average Bonchev–Trinajstić information content (AvgIpc) is 2.49. The van der Waals surface area contributed by atoms with Crippen molar-refractivity contribution in [1.29, 1.82) is 0 Å². The second-order valence-electron chi connectivity index (χ2n) is 4.61. The molecule has 1 unspecified atom stereocenters. The van der Waals surface area contributed by atoms with Gasteiger partial charge in [0.15, 0.2) is 11.6 Å². The molecule has 0 bridgehead atoms. The Morgan fingerprint density at radius 1 is 1.10 bits per heavy atom. The lowest BCUT2D eigenvalue weighted by atomic mass is 10.1. The van der Waals surface area contributed by atoms with Crippen LogP contribution < -0.4 is 14.8 Å². The molecule has 112 valence electrons. The van der Waals surface area contributed by atoms with Crippen molar-refractivity contribution in [1.82, 2.24) is 0 Å². The van der Waals surface area contributed by atoms with Crippen LogP contribution in [0.1, 0.15) is 18.5 Å². The molecule has 21 heavy (non-hydrogen) atoms. The van der Waals surface area contributed by atoms with E-state index in [0.717, 1.165) is 21.5 Å². The first-order valence-electron chi connectivity index (χ1n) is 6.48. The van der Waals surface area contributed by atoms with Gasteiger partial charge in [0.1, 0.15) is 5.75 Å². The zero-order valence-electron chi connectivity index (χ0n) is 12.1. The van der Waals surface area contributed by atoms with Gasteiger partial charge < -0.3 is 14.8 Å². The monoisotopic (exact) mass is 353 g/mol. The minimum atomic E-state index is -0.367. The number of hydrogen-bond acceptors (Lipinski definition) is 3. The molecule has 0 saturated heterocycles. The van der Waals surface area contributed by atoms with Gasteiger partial charge in [0.05, 0.1) is 19.9 Å². The summed E-state index contributed by atoms with van der Waals surface area (Å²) in [5.74, 6) is 0.635. The molecule has 1 atom stereocenters. The van der Waals surface area contributed by atoms with Crippen LogP contribution in [0.5, 0.6) is 11.5 Å². The molecule has 0 fully saturated rings. The Labute approximate surface area is 132 Å². The number of nitrogens with one attached hydrogen (secondary N) is 1. The predicted molar refractivity (Wildman–Crippen MR) is 85.7 cm³/mol. The van der Waals surface area contributed by atoms with Crippen molar-refractivity contribution in [2.75, 3.05) is 19.5 Å². The Bertz CT molecular complexity index is 634. The number of anilines is 1. The van der Waals surface area contributed by atoms with Crippen LogP contribution in [0.4, 0.5) is 10.1 Å². The zero-order chi connectivity index (χ0) is 15.4. The van der Waals surface area contributed by atoms with Crippen LogP contribution in [0.25, 0.3) is 0 Å². The normalized spacial score (nSPS) is 11.9. The van der Waals surface area contributed by atoms with Crippen LogP contribution in [0.2, 0.25) is 0 Å². The van der Waals surface area contributed by atoms with Gasteiger partial charge in [0.25, 0.3) is 0 Å². The van der Waals surface area contributed by atoms with Gasteiger partial charge in [-0.05, 0) is 52.7 Å². The summed E-state index contributed by atoms with van der Waals surface area (Å²) in [5, 5.41) is 3.33. The second kappa shape index (κ2) is 6.80. The van der Waals surface area contributed by atoms with Gasteiger partial charge in [-0.2, -0.15) is 0 Å². The van der Waals surface area contributed by atoms with Crippen molar-refractivity contribution in [3.05, 3.63) is 52.3 Å². The maximum atomic E-state index is 13.8. The zero-order valence-corrected chi connectivity index (χ0v) is 13.7. The van der Waals surface area contributed by atoms with Gasteiger partial charge in [-0.3, -0.25) is 0 Å². The van der Waals surface area contributed by atoms with E-state index in [9.17, 15) is 4.39 Å². The van der Waals surface area contributed by atoms with E-state index in [1.807, 2.05) is 31.2 Å². The van der Waals surface area contributed by atoms with Gasteiger partial charge in [-0.15, -0.1) is 0 Å². The van der Waals surface area contributed by atoms with Gasteiger partial charge in [0, 0.05) is 16.6 Å². The van der Waals surface area contributed by atoms with Crippen molar-refractivity contribution in [3.8, 4) is 11.5 Å². The van der Waals surface area contributed by atoms with Crippen LogP contribution in [0.15, 0.2) is 40.9 Å². The summed E-state index contributed by atoms with van der Waals surface area (Å²) in [6.45, 7) is 1.97. The van der Waals surface area contributed by atoms with E-state index in [-0.39, 0.29) is 17.6 Å². The molecule has 0 aliphatic rings. The van der Waals surface area contributed by atoms with E-state index in [1.165, 1.54) is 13.2 Å². The molecule has 0 heterocycles. The molecule has 0 radical (unpaired) electrons. The van der Waals surface area contributed by atoms with E-state index in [4.69, 9.17) is 9.47 Å². The number of ether oxygens (including phenoxy) is 2. The first-order valence-corrected chi connectivity index (χ1v) is 7.28. The smallest absolute Gasteiger partial charge is 0.165 e. The Kier molecular flexibility index (Phi) is 5.07. The van der Waals surface area contributed by atoms with Gasteiger partial charge in [-0.1, -0.05) is 6.07 Å². The quantitative estimate of drug-likeness (QED) is 0.838. The summed E-state index contributed by atoms with van der Waals surface area (Å²) in [6.07, 6.45) is 0. The highest BCUT2D eigenvalue weighted by Crippen LogP contribution is 2.31. The van der Waals surface area contributed by atoms with Crippen molar-refractivity contribution >= 4 is 21.6 Å². The van der Waals surface area contributed by atoms with Crippen LogP contribution in [0.3, 0.4) is 0 Å². The van der Waals surface area contributed by atoms with Crippen molar-refractivity contribution in [2.45, 2.75) is 13.0 Å². The molecule has 2 aromatic carbocycles. The Balaban J connectivity index is 2.21. The standard InChI is InChI=1S/C16H17BrFNO2/c1-10(11-4-7-16(21-3)14(18)8-11)19-15-9-12(20-2)5-6-13(15)17/h4-10,19H,1-3H3. The highest BCUT2D eigenvalue weighted by molar-refractivity contribution is 9.10. The molecule has 0 spiro atoms. The third-order valence-electron chi connectivity index (χ3n) is 3.22. The topological polar surface area (TPSA) is 30.5 Å². The van der Waals surface area contributed by atoms with E-state index < -0.39 is 0 Å². The largest absolute Gasteiger partial charge is 0.497 e. The minimum Gasteiger partial charge on any atom is -0.497 e. The molecule has 1 N–H and O–H groups in total. The first-order chi connectivity index (χ1) is 10.0. The van der Waals surface area contributed by atoms with E-state index in [0.29, 0.717) is 0 Å². The summed E-state index contributed by atoms with van der Waals surface area (Å²) < 4.78 is 24.8. The lowest BCUT2D eigenvalue weighted by Crippen LogP contribution is -2.08. The van der Waals surface area contributed by atoms with E-state index in [2.05, 4.69) is 21.2 Å². The molecule has 3 nitrogen and oxygen atoms in total. The lowest BCUT2D eigenvalue weighted by Gasteiger charge is -2.18. The van der Waals surface area contributed by atoms with Gasteiger partial charge >= 0.3 is 0 Å². The maximum absolute atomic E-state index is 13.8. The van der Waals surface area contributed by atoms with Crippen LogP contribution in [-0.4, -0.2) is 14.2 Å². The van der Waals surface area contributed by atoms with Gasteiger partial charge in [-0.25, -0.2) is 4.39 Å². The fraction of sp³-hybridized carbons (Fsp3) is 0.250. The lowest BCUT2D eigenvalue weighted by molar-refractivity contribution is 0.386. The Hall–Kier alpha value is -1.75. The summed E-state index contributed by atoms with van der Waals surface area (Å²) in [7, 11) is 3.07. The molecule has 0 aromatic heterocycles. The molecular formula is C16H17BrFNO2. The first kappa shape index (κ1) is 15.6. The van der Waals surface area contributed by atoms with Crippen LogP contribution in [0, 0.1) is 5.82 Å². The third kappa shape index (κ3) is 3.67. The molecule has 0 amide bonds. The van der Waals surface area contributed by atoms with Crippen molar-refractivity contribution in [2.24, 2.45) is 0 Å². The SMILES string of the molecule is COc1ccc(Br)c(NC(C)c2ccc(OC)c(F)c2)c1. The highest BCUT2D eigenvalue weighted by Gasteiger charge is 2.11. The molecule has 0 aliphatic carbocycles. The number of halogens is 2. The summed E-state index contributed by atoms with van der Waals surface area (Å²) in [4.78, 5) is 0. The summed E-state index contributed by atoms with van der Waals surface area (Å²) >= 11 is 3.49. The molecule has 2 aromatic rings. The Morgan fingerprint density at radius 2 is 1.86 bits per heavy atom. The maximum Gasteiger partial charge on any atom is 0.165 e. The molecule has 5 heteroatoms. The highest BCUT2D eigenvalue weighted by atomic mass is 79.9. The molecular weight excluding hydrogens is 337 g/mol. The fourth-order valence-electron chi connectivity index (χ4n) is 2.01.